The third kappa shape index (κ3) is 4.99. The zero-order valence-electron chi connectivity index (χ0n) is 12.5. The van der Waals surface area contributed by atoms with Gasteiger partial charge in [-0.2, -0.15) is 0 Å². The molecule has 0 saturated carbocycles. The van der Waals surface area contributed by atoms with Crippen LogP contribution in [0.4, 0.5) is 0 Å². The summed E-state index contributed by atoms with van der Waals surface area (Å²) >= 11 is 0. The summed E-state index contributed by atoms with van der Waals surface area (Å²) < 4.78 is 5.76. The Labute approximate surface area is 126 Å². The number of hydrogen-bond donors (Lipinski definition) is 2. The SMILES string of the molecule is CCCN=C(N)NCCCOc1ccc2ccccc2c1. The van der Waals surface area contributed by atoms with Gasteiger partial charge < -0.3 is 15.8 Å². The minimum absolute atomic E-state index is 0.516. The number of rotatable bonds is 7. The average Bonchev–Trinajstić information content (AvgIpc) is 2.52. The van der Waals surface area contributed by atoms with Gasteiger partial charge in [0.1, 0.15) is 5.75 Å². The van der Waals surface area contributed by atoms with Gasteiger partial charge in [-0.25, -0.2) is 0 Å². The van der Waals surface area contributed by atoms with Crippen LogP contribution in [-0.4, -0.2) is 25.7 Å². The van der Waals surface area contributed by atoms with E-state index in [9.17, 15) is 0 Å². The highest BCUT2D eigenvalue weighted by Crippen LogP contribution is 2.20. The predicted molar refractivity (Wildman–Crippen MR) is 88.8 cm³/mol. The third-order valence-electron chi connectivity index (χ3n) is 3.12. The third-order valence-corrected chi connectivity index (χ3v) is 3.12. The highest BCUT2D eigenvalue weighted by molar-refractivity contribution is 5.83. The van der Waals surface area contributed by atoms with Crippen LogP contribution >= 0.6 is 0 Å². The van der Waals surface area contributed by atoms with Crippen molar-refractivity contribution in [2.24, 2.45) is 10.7 Å². The molecule has 3 N–H and O–H groups in total. The second-order valence-corrected chi connectivity index (χ2v) is 4.90. The largest absolute Gasteiger partial charge is 0.494 e. The summed E-state index contributed by atoms with van der Waals surface area (Å²) in [5.41, 5.74) is 5.71. The van der Waals surface area contributed by atoms with Crippen molar-refractivity contribution in [3.63, 3.8) is 0 Å². The zero-order valence-corrected chi connectivity index (χ0v) is 12.5. The smallest absolute Gasteiger partial charge is 0.188 e. The van der Waals surface area contributed by atoms with Gasteiger partial charge in [-0.3, -0.25) is 4.99 Å². The molecule has 0 unspecified atom stereocenters. The maximum Gasteiger partial charge on any atom is 0.188 e. The van der Waals surface area contributed by atoms with Crippen LogP contribution in [0.1, 0.15) is 19.8 Å². The highest BCUT2D eigenvalue weighted by atomic mass is 16.5. The van der Waals surface area contributed by atoms with E-state index in [0.29, 0.717) is 12.6 Å². The van der Waals surface area contributed by atoms with Crippen LogP contribution in [0.15, 0.2) is 47.5 Å². The minimum Gasteiger partial charge on any atom is -0.494 e. The van der Waals surface area contributed by atoms with Crippen LogP contribution < -0.4 is 15.8 Å². The molecule has 21 heavy (non-hydrogen) atoms. The molecule has 0 atom stereocenters. The number of aliphatic imine (C=N–C) groups is 1. The maximum atomic E-state index is 5.76. The first-order valence-corrected chi connectivity index (χ1v) is 7.45. The average molecular weight is 285 g/mol. The predicted octanol–water partition coefficient (Wildman–Crippen LogP) is 2.92. The maximum absolute atomic E-state index is 5.76. The molecular weight excluding hydrogens is 262 g/mol. The normalized spacial score (nSPS) is 11.6. The molecule has 2 aromatic carbocycles. The molecule has 0 heterocycles. The second kappa shape index (κ2) is 8.15. The Morgan fingerprint density at radius 1 is 1.19 bits per heavy atom. The Hall–Kier alpha value is -2.23. The number of ether oxygens (including phenoxy) is 1. The fourth-order valence-corrected chi connectivity index (χ4v) is 2.02. The monoisotopic (exact) mass is 285 g/mol. The van der Waals surface area contributed by atoms with Gasteiger partial charge in [0, 0.05) is 13.1 Å². The van der Waals surface area contributed by atoms with Crippen LogP contribution in [0.25, 0.3) is 10.8 Å². The summed E-state index contributed by atoms with van der Waals surface area (Å²) in [5, 5.41) is 5.51. The van der Waals surface area contributed by atoms with Crippen LogP contribution in [0.5, 0.6) is 5.75 Å². The van der Waals surface area contributed by atoms with Crippen molar-refractivity contribution in [2.45, 2.75) is 19.8 Å². The van der Waals surface area contributed by atoms with Crippen LogP contribution in [0, 0.1) is 0 Å². The first-order valence-electron chi connectivity index (χ1n) is 7.45. The molecule has 0 saturated heterocycles. The molecule has 4 heteroatoms. The van der Waals surface area contributed by atoms with E-state index in [1.165, 1.54) is 10.8 Å². The molecule has 0 aromatic heterocycles. The van der Waals surface area contributed by atoms with Gasteiger partial charge in [0.05, 0.1) is 6.61 Å². The molecule has 0 fully saturated rings. The molecule has 2 rings (SSSR count). The number of nitrogens with two attached hydrogens (primary N) is 1. The molecule has 0 aliphatic carbocycles. The molecule has 112 valence electrons. The van der Waals surface area contributed by atoms with E-state index < -0.39 is 0 Å². The van der Waals surface area contributed by atoms with E-state index in [1.54, 1.807) is 0 Å². The van der Waals surface area contributed by atoms with Crippen molar-refractivity contribution in [2.75, 3.05) is 19.7 Å². The molecule has 0 bridgehead atoms. The lowest BCUT2D eigenvalue weighted by Crippen LogP contribution is -2.33. The molecule has 0 amide bonds. The number of nitrogens with zero attached hydrogens (tertiary/aromatic N) is 1. The summed E-state index contributed by atoms with van der Waals surface area (Å²) in [7, 11) is 0. The van der Waals surface area contributed by atoms with E-state index in [0.717, 1.165) is 31.7 Å². The molecule has 0 aliphatic heterocycles. The Bertz CT molecular complexity index is 595. The van der Waals surface area contributed by atoms with Gasteiger partial charge in [0.25, 0.3) is 0 Å². The van der Waals surface area contributed by atoms with Crippen LogP contribution in [0.2, 0.25) is 0 Å². The summed E-state index contributed by atoms with van der Waals surface area (Å²) in [6.07, 6.45) is 1.89. The lowest BCUT2D eigenvalue weighted by Gasteiger charge is -2.08. The van der Waals surface area contributed by atoms with Crippen LogP contribution in [-0.2, 0) is 0 Å². The van der Waals surface area contributed by atoms with Crippen molar-refractivity contribution < 1.29 is 4.74 Å². The van der Waals surface area contributed by atoms with Crippen molar-refractivity contribution >= 4 is 16.7 Å². The Balaban J connectivity index is 1.72. The summed E-state index contributed by atoms with van der Waals surface area (Å²) in [6.45, 7) is 4.28. The molecule has 4 nitrogen and oxygen atoms in total. The van der Waals surface area contributed by atoms with Crippen molar-refractivity contribution in [3.05, 3.63) is 42.5 Å². The lowest BCUT2D eigenvalue weighted by molar-refractivity contribution is 0.311. The number of hydrogen-bond acceptors (Lipinski definition) is 2. The van der Waals surface area contributed by atoms with Gasteiger partial charge in [-0.05, 0) is 35.7 Å². The number of guanidine groups is 1. The van der Waals surface area contributed by atoms with E-state index in [1.807, 2.05) is 18.2 Å². The quantitative estimate of drug-likeness (QED) is 0.467. The van der Waals surface area contributed by atoms with Crippen molar-refractivity contribution in [3.8, 4) is 5.75 Å². The van der Waals surface area contributed by atoms with E-state index in [2.05, 4.69) is 41.5 Å². The fourth-order valence-electron chi connectivity index (χ4n) is 2.02. The Kier molecular flexibility index (Phi) is 5.88. The van der Waals surface area contributed by atoms with Gasteiger partial charge in [-0.1, -0.05) is 37.3 Å². The molecule has 0 radical (unpaired) electrons. The van der Waals surface area contributed by atoms with E-state index >= 15 is 0 Å². The topological polar surface area (TPSA) is 59.6 Å². The number of fused-ring (bicyclic) bond motifs is 1. The van der Waals surface area contributed by atoms with Crippen LogP contribution in [0.3, 0.4) is 0 Å². The van der Waals surface area contributed by atoms with Gasteiger partial charge in [0.15, 0.2) is 5.96 Å². The second-order valence-electron chi connectivity index (χ2n) is 4.90. The summed E-state index contributed by atoms with van der Waals surface area (Å²) in [5.74, 6) is 1.42. The zero-order chi connectivity index (χ0) is 14.9. The first kappa shape index (κ1) is 15.2. The highest BCUT2D eigenvalue weighted by Gasteiger charge is 1.97. The number of benzene rings is 2. The van der Waals surface area contributed by atoms with E-state index in [4.69, 9.17) is 10.5 Å². The first-order chi connectivity index (χ1) is 10.3. The van der Waals surface area contributed by atoms with Crippen molar-refractivity contribution in [1.29, 1.82) is 0 Å². The summed E-state index contributed by atoms with van der Waals surface area (Å²) in [4.78, 5) is 4.18. The lowest BCUT2D eigenvalue weighted by atomic mass is 10.1. The molecule has 2 aromatic rings. The Morgan fingerprint density at radius 2 is 2.00 bits per heavy atom. The summed E-state index contributed by atoms with van der Waals surface area (Å²) in [6, 6.07) is 14.4. The molecular formula is C17H23N3O. The molecule has 0 spiro atoms. The number of nitrogens with one attached hydrogen (secondary N) is 1. The molecule has 0 aliphatic rings. The van der Waals surface area contributed by atoms with Gasteiger partial charge >= 0.3 is 0 Å². The van der Waals surface area contributed by atoms with Gasteiger partial charge in [-0.15, -0.1) is 0 Å². The standard InChI is InChI=1S/C17H23N3O/c1-2-10-19-17(18)20-11-5-12-21-16-9-8-14-6-3-4-7-15(14)13-16/h3-4,6-9,13H,2,5,10-12H2,1H3,(H3,18,19,20). The van der Waals surface area contributed by atoms with E-state index in [-0.39, 0.29) is 0 Å². The minimum atomic E-state index is 0.516. The Morgan fingerprint density at radius 3 is 2.81 bits per heavy atom. The fraction of sp³-hybridized carbons (Fsp3) is 0.353. The van der Waals surface area contributed by atoms with Gasteiger partial charge in [0.2, 0.25) is 0 Å². The van der Waals surface area contributed by atoms with Crippen molar-refractivity contribution in [1.82, 2.24) is 5.32 Å².